The first-order chi connectivity index (χ1) is 9.93. The summed E-state index contributed by atoms with van der Waals surface area (Å²) in [6.45, 7) is 1.77. The molecule has 0 radical (unpaired) electrons. The lowest BCUT2D eigenvalue weighted by atomic mass is 10.1. The topological polar surface area (TPSA) is 60.3 Å². The van der Waals surface area contributed by atoms with Gasteiger partial charge in [0.1, 0.15) is 5.69 Å². The van der Waals surface area contributed by atoms with Crippen LogP contribution in [0.5, 0.6) is 0 Å². The van der Waals surface area contributed by atoms with Crippen LogP contribution in [0, 0.1) is 6.92 Å². The molecule has 1 N–H and O–H groups in total. The first-order valence-electron chi connectivity index (χ1n) is 6.25. The average molecular weight is 351 g/mol. The molecule has 0 aliphatic rings. The number of hydrogen-bond donors (Lipinski definition) is 1. The van der Waals surface area contributed by atoms with E-state index in [9.17, 15) is 9.59 Å². The average Bonchev–Trinajstić information content (AvgIpc) is 2.79. The zero-order valence-corrected chi connectivity index (χ0v) is 13.5. The molecule has 0 bridgehead atoms. The maximum Gasteiger partial charge on any atom is 0.338 e. The van der Waals surface area contributed by atoms with E-state index >= 15 is 0 Å². The number of esters is 1. The van der Waals surface area contributed by atoms with Crippen LogP contribution >= 0.6 is 15.9 Å². The summed E-state index contributed by atoms with van der Waals surface area (Å²) < 4.78 is 7.27. The first-order valence-corrected chi connectivity index (χ1v) is 7.04. The van der Waals surface area contributed by atoms with Gasteiger partial charge in [-0.05, 0) is 46.6 Å². The van der Waals surface area contributed by atoms with Gasteiger partial charge < -0.3 is 14.6 Å². The summed E-state index contributed by atoms with van der Waals surface area (Å²) in [5, 5.41) is 2.81. The number of nitrogens with zero attached hydrogens (tertiary/aromatic N) is 1. The Bertz CT molecular complexity index is 707. The van der Waals surface area contributed by atoms with E-state index in [1.807, 2.05) is 0 Å². The molecule has 0 aliphatic heterocycles. The van der Waals surface area contributed by atoms with Gasteiger partial charge in [-0.2, -0.15) is 0 Å². The van der Waals surface area contributed by atoms with Crippen molar-refractivity contribution in [3.8, 4) is 0 Å². The van der Waals surface area contributed by atoms with Crippen LogP contribution in [0.2, 0.25) is 0 Å². The van der Waals surface area contributed by atoms with E-state index in [1.165, 1.54) is 7.11 Å². The summed E-state index contributed by atoms with van der Waals surface area (Å²) in [7, 11) is 3.12. The molecule has 1 aromatic carbocycles. The third-order valence-corrected chi connectivity index (χ3v) is 3.63. The van der Waals surface area contributed by atoms with E-state index in [1.54, 1.807) is 49.0 Å². The Kier molecular flexibility index (Phi) is 4.47. The number of ether oxygens (including phenoxy) is 1. The van der Waals surface area contributed by atoms with Crippen molar-refractivity contribution < 1.29 is 14.3 Å². The predicted molar refractivity (Wildman–Crippen MR) is 83.6 cm³/mol. The van der Waals surface area contributed by atoms with Crippen LogP contribution in [0.1, 0.15) is 26.4 Å². The Labute approximate surface area is 131 Å². The minimum absolute atomic E-state index is 0.242. The zero-order chi connectivity index (χ0) is 15.6. The van der Waals surface area contributed by atoms with Gasteiger partial charge in [0.2, 0.25) is 0 Å². The summed E-state index contributed by atoms with van der Waals surface area (Å²) in [5.41, 5.74) is 2.21. The summed E-state index contributed by atoms with van der Waals surface area (Å²) in [6.07, 6.45) is 1.80. The maximum absolute atomic E-state index is 12.3. The summed E-state index contributed by atoms with van der Waals surface area (Å²) in [6, 6.07) is 6.85. The Morgan fingerprint density at radius 2 is 2.05 bits per heavy atom. The Balaban J connectivity index is 2.30. The largest absolute Gasteiger partial charge is 0.465 e. The number of methoxy groups -OCH3 is 1. The Morgan fingerprint density at radius 3 is 2.62 bits per heavy atom. The number of carbonyl (C=O) groups is 2. The van der Waals surface area contributed by atoms with Crippen molar-refractivity contribution >= 4 is 33.5 Å². The molecule has 0 spiro atoms. The Morgan fingerprint density at radius 1 is 1.33 bits per heavy atom. The molecule has 5 nitrogen and oxygen atoms in total. The van der Waals surface area contributed by atoms with Gasteiger partial charge in [-0.25, -0.2) is 4.79 Å². The minimum Gasteiger partial charge on any atom is -0.465 e. The van der Waals surface area contributed by atoms with Crippen LogP contribution in [0.25, 0.3) is 0 Å². The number of aromatic nitrogens is 1. The minimum atomic E-state index is -0.426. The number of amides is 1. The van der Waals surface area contributed by atoms with Crippen LogP contribution in [0.15, 0.2) is 34.9 Å². The predicted octanol–water partition coefficient (Wildman–Crippen LogP) is 3.13. The third-order valence-electron chi connectivity index (χ3n) is 3.19. The number of aryl methyl sites for hydroxylation is 1. The van der Waals surface area contributed by atoms with E-state index in [0.717, 1.165) is 4.47 Å². The van der Waals surface area contributed by atoms with Crippen molar-refractivity contribution in [2.24, 2.45) is 7.05 Å². The lowest BCUT2D eigenvalue weighted by molar-refractivity contribution is 0.0599. The van der Waals surface area contributed by atoms with Crippen LogP contribution < -0.4 is 5.32 Å². The maximum atomic E-state index is 12.3. The van der Waals surface area contributed by atoms with Crippen LogP contribution in [-0.2, 0) is 11.8 Å². The second kappa shape index (κ2) is 6.13. The molecule has 1 amide bonds. The summed E-state index contributed by atoms with van der Waals surface area (Å²) >= 11 is 3.33. The molecule has 0 saturated carbocycles. The van der Waals surface area contributed by atoms with Gasteiger partial charge in [0.15, 0.2) is 0 Å². The highest BCUT2D eigenvalue weighted by atomic mass is 79.9. The zero-order valence-electron chi connectivity index (χ0n) is 11.9. The van der Waals surface area contributed by atoms with Gasteiger partial charge in [0, 0.05) is 23.4 Å². The van der Waals surface area contributed by atoms with Gasteiger partial charge >= 0.3 is 5.97 Å². The molecule has 0 fully saturated rings. The molecular weight excluding hydrogens is 336 g/mol. The van der Waals surface area contributed by atoms with Crippen molar-refractivity contribution in [3.05, 3.63) is 51.8 Å². The normalized spacial score (nSPS) is 10.3. The van der Waals surface area contributed by atoms with E-state index in [0.29, 0.717) is 22.5 Å². The van der Waals surface area contributed by atoms with Crippen molar-refractivity contribution in [2.75, 3.05) is 12.4 Å². The highest BCUT2D eigenvalue weighted by Gasteiger charge is 2.16. The molecular formula is C15H15BrN2O3. The van der Waals surface area contributed by atoms with Crippen LogP contribution in [0.4, 0.5) is 5.69 Å². The molecule has 21 heavy (non-hydrogen) atoms. The molecule has 1 heterocycles. The second-order valence-electron chi connectivity index (χ2n) is 4.58. The van der Waals surface area contributed by atoms with E-state index in [-0.39, 0.29) is 5.91 Å². The molecule has 2 aromatic rings. The number of nitrogens with one attached hydrogen (secondary N) is 1. The number of rotatable bonds is 3. The smallest absolute Gasteiger partial charge is 0.338 e. The highest BCUT2D eigenvalue weighted by Crippen LogP contribution is 2.21. The molecule has 0 saturated heterocycles. The van der Waals surface area contributed by atoms with Gasteiger partial charge in [0.05, 0.1) is 12.7 Å². The molecule has 0 atom stereocenters. The Hall–Kier alpha value is -2.08. The number of anilines is 1. The van der Waals surface area contributed by atoms with Crippen LogP contribution in [-0.4, -0.2) is 23.6 Å². The monoisotopic (exact) mass is 350 g/mol. The van der Waals surface area contributed by atoms with Crippen molar-refractivity contribution in [2.45, 2.75) is 6.92 Å². The van der Waals surface area contributed by atoms with Gasteiger partial charge in [-0.1, -0.05) is 6.07 Å². The quantitative estimate of drug-likeness (QED) is 0.865. The third kappa shape index (κ3) is 3.16. The summed E-state index contributed by atoms with van der Waals surface area (Å²) in [5.74, 6) is -0.668. The lowest BCUT2D eigenvalue weighted by Crippen LogP contribution is -2.17. The number of benzene rings is 1. The standard InChI is InChI=1S/C15H15BrN2O3/c1-9-11(15(20)21-3)5-4-6-12(9)17-14(19)13-7-10(16)8-18(13)2/h4-8H,1-3H3,(H,17,19). The van der Waals surface area contributed by atoms with E-state index < -0.39 is 5.97 Å². The second-order valence-corrected chi connectivity index (χ2v) is 5.49. The molecule has 110 valence electrons. The fourth-order valence-corrected chi connectivity index (χ4v) is 2.56. The molecule has 1 aromatic heterocycles. The fourth-order valence-electron chi connectivity index (χ4n) is 2.04. The molecule has 2 rings (SSSR count). The summed E-state index contributed by atoms with van der Waals surface area (Å²) in [4.78, 5) is 23.9. The number of halogens is 1. The number of hydrogen-bond acceptors (Lipinski definition) is 3. The van der Waals surface area contributed by atoms with E-state index in [2.05, 4.69) is 21.2 Å². The molecule has 0 unspecified atom stereocenters. The lowest BCUT2D eigenvalue weighted by Gasteiger charge is -2.11. The van der Waals surface area contributed by atoms with Gasteiger partial charge in [0.25, 0.3) is 5.91 Å². The SMILES string of the molecule is COC(=O)c1cccc(NC(=O)c2cc(Br)cn2C)c1C. The van der Waals surface area contributed by atoms with E-state index in [4.69, 9.17) is 4.74 Å². The van der Waals surface area contributed by atoms with Crippen molar-refractivity contribution in [1.29, 1.82) is 0 Å². The molecule has 6 heteroatoms. The fraction of sp³-hybridized carbons (Fsp3) is 0.200. The number of carbonyl (C=O) groups excluding carboxylic acids is 2. The molecule has 0 aliphatic carbocycles. The van der Waals surface area contributed by atoms with Gasteiger partial charge in [-0.3, -0.25) is 4.79 Å². The van der Waals surface area contributed by atoms with Crippen LogP contribution in [0.3, 0.4) is 0 Å². The first kappa shape index (κ1) is 15.3. The van der Waals surface area contributed by atoms with Gasteiger partial charge in [-0.15, -0.1) is 0 Å². The van der Waals surface area contributed by atoms with Crippen molar-refractivity contribution in [3.63, 3.8) is 0 Å². The highest BCUT2D eigenvalue weighted by molar-refractivity contribution is 9.10. The van der Waals surface area contributed by atoms with Crippen molar-refractivity contribution in [1.82, 2.24) is 4.57 Å².